The highest BCUT2D eigenvalue weighted by molar-refractivity contribution is 6.03. The van der Waals surface area contributed by atoms with Crippen molar-refractivity contribution in [1.82, 2.24) is 0 Å². The molecule has 0 amide bonds. The number of nitrogens with zero attached hydrogens (tertiary/aromatic N) is 3. The summed E-state index contributed by atoms with van der Waals surface area (Å²) in [5.41, 5.74) is 17.1. The van der Waals surface area contributed by atoms with Crippen LogP contribution in [0.2, 0.25) is 0 Å². The Kier molecular flexibility index (Phi) is 8.75. The fourth-order valence-electron chi connectivity index (χ4n) is 11.1. The maximum Gasteiger partial charge on any atom is 0.0754 e. The SMILES string of the molecule is c1ccc(N2c3ccccc3C3(c4ccc(N(c5ccccc5)c5cccc6ccccc56)cc4-c4cc(N(c5ccccc5)c5cccc6ccccc56)ccc43)c3ccccc32)cc1. The molecule has 1 heterocycles. The normalized spacial score (nSPS) is 12.9. The predicted molar refractivity (Wildman–Crippen MR) is 276 cm³/mol. The molecule has 0 N–H and O–H groups in total. The number of hydrogen-bond acceptors (Lipinski definition) is 3. The second kappa shape index (κ2) is 15.3. The summed E-state index contributed by atoms with van der Waals surface area (Å²) in [5.74, 6) is 0. The van der Waals surface area contributed by atoms with Crippen LogP contribution in [0, 0.1) is 0 Å². The van der Waals surface area contributed by atoms with Gasteiger partial charge in [0.05, 0.1) is 28.2 Å². The van der Waals surface area contributed by atoms with Crippen LogP contribution in [0.15, 0.2) is 261 Å². The molecular weight excluding hydrogens is 799 g/mol. The number of para-hydroxylation sites is 5. The number of hydrogen-bond donors (Lipinski definition) is 0. The Morgan fingerprint density at radius 1 is 0.288 bits per heavy atom. The first kappa shape index (κ1) is 37.9. The molecule has 0 atom stereocenters. The molecule has 310 valence electrons. The van der Waals surface area contributed by atoms with Crippen LogP contribution in [0.1, 0.15) is 22.3 Å². The zero-order valence-corrected chi connectivity index (χ0v) is 36.2. The van der Waals surface area contributed by atoms with E-state index in [1.54, 1.807) is 0 Å². The van der Waals surface area contributed by atoms with Crippen molar-refractivity contribution < 1.29 is 0 Å². The Balaban J connectivity index is 1.12. The predicted octanol–water partition coefficient (Wildman–Crippen LogP) is 17.1. The largest absolute Gasteiger partial charge is 0.310 e. The molecule has 66 heavy (non-hydrogen) atoms. The molecule has 3 heteroatoms. The quantitative estimate of drug-likeness (QED) is 0.158. The maximum atomic E-state index is 2.46. The molecular formula is C63H43N3. The highest BCUT2D eigenvalue weighted by atomic mass is 15.2. The lowest BCUT2D eigenvalue weighted by atomic mass is 9.64. The third kappa shape index (κ3) is 5.70. The maximum absolute atomic E-state index is 2.46. The van der Waals surface area contributed by atoms with Crippen LogP contribution < -0.4 is 14.7 Å². The average Bonchev–Trinajstić information content (AvgIpc) is 3.67. The topological polar surface area (TPSA) is 9.72 Å². The number of anilines is 9. The van der Waals surface area contributed by atoms with Gasteiger partial charge in [0.25, 0.3) is 0 Å². The van der Waals surface area contributed by atoms with E-state index in [1.165, 1.54) is 66.3 Å². The lowest BCUT2D eigenvalue weighted by molar-refractivity contribution is 0.752. The van der Waals surface area contributed by atoms with Crippen molar-refractivity contribution in [2.45, 2.75) is 5.41 Å². The van der Waals surface area contributed by atoms with Crippen LogP contribution in [-0.2, 0) is 5.41 Å². The van der Waals surface area contributed by atoms with Crippen molar-refractivity contribution in [1.29, 1.82) is 0 Å². The van der Waals surface area contributed by atoms with Crippen molar-refractivity contribution in [2.75, 3.05) is 14.7 Å². The highest BCUT2D eigenvalue weighted by Gasteiger charge is 2.52. The second-order valence-electron chi connectivity index (χ2n) is 17.3. The molecule has 0 radical (unpaired) electrons. The Bertz CT molecular complexity index is 3390. The van der Waals surface area contributed by atoms with Crippen LogP contribution in [0.25, 0.3) is 32.7 Å². The van der Waals surface area contributed by atoms with E-state index in [4.69, 9.17) is 0 Å². The first-order valence-electron chi connectivity index (χ1n) is 22.8. The van der Waals surface area contributed by atoms with E-state index >= 15 is 0 Å². The molecule has 0 saturated heterocycles. The molecule has 1 spiro atoms. The Morgan fingerprint density at radius 3 is 1.17 bits per heavy atom. The first-order chi connectivity index (χ1) is 32.8. The van der Waals surface area contributed by atoms with E-state index in [0.717, 1.165) is 39.8 Å². The molecule has 0 unspecified atom stereocenters. The molecule has 0 saturated carbocycles. The third-order valence-corrected chi connectivity index (χ3v) is 13.8. The van der Waals surface area contributed by atoms with Crippen LogP contribution in [0.5, 0.6) is 0 Å². The van der Waals surface area contributed by atoms with E-state index in [0.29, 0.717) is 0 Å². The summed E-state index contributed by atoms with van der Waals surface area (Å²) < 4.78 is 0. The summed E-state index contributed by atoms with van der Waals surface area (Å²) in [6.45, 7) is 0. The van der Waals surface area contributed by atoms with Gasteiger partial charge in [0.1, 0.15) is 0 Å². The average molecular weight is 842 g/mol. The summed E-state index contributed by atoms with van der Waals surface area (Å²) in [4.78, 5) is 7.32. The van der Waals surface area contributed by atoms with Gasteiger partial charge in [0, 0.05) is 39.2 Å². The number of benzene rings is 11. The van der Waals surface area contributed by atoms with Crippen LogP contribution >= 0.6 is 0 Å². The summed E-state index contributed by atoms with van der Waals surface area (Å²) in [5, 5.41) is 4.82. The lowest BCUT2D eigenvalue weighted by Crippen LogP contribution is -2.36. The minimum atomic E-state index is -0.617. The summed E-state index contributed by atoms with van der Waals surface area (Å²) in [7, 11) is 0. The van der Waals surface area contributed by atoms with Gasteiger partial charge in [-0.3, -0.25) is 0 Å². The van der Waals surface area contributed by atoms with Gasteiger partial charge in [-0.15, -0.1) is 0 Å². The zero-order valence-electron chi connectivity index (χ0n) is 36.2. The summed E-state index contributed by atoms with van der Waals surface area (Å²) in [6.07, 6.45) is 0. The minimum absolute atomic E-state index is 0.617. The second-order valence-corrected chi connectivity index (χ2v) is 17.3. The van der Waals surface area contributed by atoms with Gasteiger partial charge >= 0.3 is 0 Å². The van der Waals surface area contributed by atoms with Gasteiger partial charge in [-0.25, -0.2) is 0 Å². The van der Waals surface area contributed by atoms with Crippen molar-refractivity contribution in [3.05, 3.63) is 283 Å². The molecule has 0 fully saturated rings. The molecule has 13 rings (SSSR count). The summed E-state index contributed by atoms with van der Waals surface area (Å²) >= 11 is 0. The molecule has 1 aliphatic carbocycles. The molecule has 0 bridgehead atoms. The van der Waals surface area contributed by atoms with Gasteiger partial charge in [0.15, 0.2) is 0 Å². The molecule has 0 aromatic heterocycles. The van der Waals surface area contributed by atoms with Crippen LogP contribution in [-0.4, -0.2) is 0 Å². The van der Waals surface area contributed by atoms with E-state index < -0.39 is 5.41 Å². The standard InChI is InChI=1S/C63H43N3/c1-4-24-46(25-5-1)64(59-36-18-22-44-20-10-12-30-51(44)59)49-38-40-55-53(42-49)54-43-50(65(47-26-6-2-7-27-47)60-37-19-23-45-21-11-13-31-52(45)60)39-41-56(54)63(55)57-32-14-16-34-61(57)66(48-28-8-3-9-29-48)62-35-17-15-33-58(62)63/h1-43H. The lowest BCUT2D eigenvalue weighted by Gasteiger charge is -2.45. The van der Waals surface area contributed by atoms with Gasteiger partial charge in [-0.2, -0.15) is 0 Å². The Morgan fingerprint density at radius 2 is 0.682 bits per heavy atom. The Labute approximate surface area is 385 Å². The zero-order chi connectivity index (χ0) is 43.6. The fraction of sp³-hybridized carbons (Fsp3) is 0.0159. The fourth-order valence-corrected chi connectivity index (χ4v) is 11.1. The van der Waals surface area contributed by atoms with Crippen molar-refractivity contribution in [3.8, 4) is 11.1 Å². The molecule has 3 nitrogen and oxygen atoms in total. The molecule has 1 aliphatic heterocycles. The third-order valence-electron chi connectivity index (χ3n) is 13.8. The van der Waals surface area contributed by atoms with E-state index in [9.17, 15) is 0 Å². The Hall–Kier alpha value is -8.66. The summed E-state index contributed by atoms with van der Waals surface area (Å²) in [6, 6.07) is 95.7. The van der Waals surface area contributed by atoms with Gasteiger partial charge in [-0.05, 0) is 129 Å². The smallest absolute Gasteiger partial charge is 0.0754 e. The number of fused-ring (bicyclic) bond motifs is 11. The van der Waals surface area contributed by atoms with Crippen molar-refractivity contribution >= 4 is 72.7 Å². The van der Waals surface area contributed by atoms with Gasteiger partial charge < -0.3 is 14.7 Å². The van der Waals surface area contributed by atoms with Crippen molar-refractivity contribution in [2.24, 2.45) is 0 Å². The van der Waals surface area contributed by atoms with E-state index in [1.807, 2.05) is 0 Å². The minimum Gasteiger partial charge on any atom is -0.310 e. The molecule has 11 aromatic carbocycles. The van der Waals surface area contributed by atoms with Gasteiger partial charge in [-0.1, -0.05) is 176 Å². The highest BCUT2D eigenvalue weighted by Crippen LogP contribution is 2.64. The number of rotatable bonds is 7. The van der Waals surface area contributed by atoms with Gasteiger partial charge in [0.2, 0.25) is 0 Å². The monoisotopic (exact) mass is 841 g/mol. The first-order valence-corrected chi connectivity index (χ1v) is 22.8. The van der Waals surface area contributed by atoms with Crippen LogP contribution in [0.3, 0.4) is 0 Å². The van der Waals surface area contributed by atoms with Crippen molar-refractivity contribution in [3.63, 3.8) is 0 Å². The van der Waals surface area contributed by atoms with E-state index in [2.05, 4.69) is 276 Å². The molecule has 11 aromatic rings. The van der Waals surface area contributed by atoms with E-state index in [-0.39, 0.29) is 0 Å². The van der Waals surface area contributed by atoms with Crippen LogP contribution in [0.4, 0.5) is 51.2 Å². The molecule has 2 aliphatic rings.